The molecule has 1 saturated heterocycles. The van der Waals surface area contributed by atoms with Gasteiger partial charge in [-0.05, 0) is 98.0 Å². The number of benzene rings is 2. The Kier molecular flexibility index (Phi) is 10.2. The molecule has 2 aliphatic heterocycles. The number of likely N-dealkylation sites (tertiary alicyclic amines) is 1. The summed E-state index contributed by atoms with van der Waals surface area (Å²) in [6.07, 6.45) is 6.48. The van der Waals surface area contributed by atoms with Gasteiger partial charge in [0.25, 0.3) is 5.91 Å². The van der Waals surface area contributed by atoms with Gasteiger partial charge in [0.2, 0.25) is 0 Å². The minimum absolute atomic E-state index is 0.130. The van der Waals surface area contributed by atoms with Crippen molar-refractivity contribution in [3.05, 3.63) is 135 Å². The van der Waals surface area contributed by atoms with Gasteiger partial charge in [0.1, 0.15) is 22.7 Å². The zero-order valence-corrected chi connectivity index (χ0v) is 36.9. The largest absolute Gasteiger partial charge is 0.481 e. The number of imidazole rings is 1. The molecule has 7 heterocycles. The van der Waals surface area contributed by atoms with Crippen molar-refractivity contribution < 1.29 is 19.1 Å². The van der Waals surface area contributed by atoms with Crippen LogP contribution in [-0.4, -0.2) is 86.6 Å². The first-order valence-corrected chi connectivity index (χ1v) is 22.2. The molecule has 0 unspecified atom stereocenters. The fourth-order valence-electron chi connectivity index (χ4n) is 10.0. The molecule has 0 bridgehead atoms. The normalized spacial score (nSPS) is 16.5. The first kappa shape index (κ1) is 41.9. The van der Waals surface area contributed by atoms with Gasteiger partial charge in [-0.1, -0.05) is 45.0 Å². The molecule has 0 atom stereocenters. The molecule has 14 nitrogen and oxygen atoms in total. The molecular formula is C50H49FN10O4. The summed E-state index contributed by atoms with van der Waals surface area (Å²) in [7, 11) is 0. The van der Waals surface area contributed by atoms with E-state index in [0.29, 0.717) is 76.5 Å². The predicted octanol–water partition coefficient (Wildman–Crippen LogP) is 7.36. The molecule has 10 rings (SSSR count). The van der Waals surface area contributed by atoms with Crippen molar-refractivity contribution in [2.24, 2.45) is 5.41 Å². The van der Waals surface area contributed by atoms with Gasteiger partial charge < -0.3 is 19.5 Å². The van der Waals surface area contributed by atoms with E-state index in [2.05, 4.69) is 35.6 Å². The number of aliphatic carboxylic acids is 1. The molecule has 1 saturated carbocycles. The van der Waals surface area contributed by atoms with Gasteiger partial charge in [0, 0.05) is 60.6 Å². The highest BCUT2D eigenvalue weighted by atomic mass is 19.1. The highest BCUT2D eigenvalue weighted by Gasteiger charge is 2.51. The Labute approximate surface area is 374 Å². The summed E-state index contributed by atoms with van der Waals surface area (Å²) in [5.74, 6) is -1.19. The smallest absolute Gasteiger partial charge is 0.335 e. The molecule has 0 spiro atoms. The number of carboxylic acids is 1. The number of carboxylic acid groups (broad SMARTS) is 1. The van der Waals surface area contributed by atoms with Gasteiger partial charge in [-0.2, -0.15) is 5.26 Å². The Bertz CT molecular complexity index is 3160. The minimum atomic E-state index is -0.898. The molecule has 1 aliphatic carbocycles. The lowest BCUT2D eigenvalue weighted by Gasteiger charge is -2.36. The molecule has 1 amide bonds. The minimum Gasteiger partial charge on any atom is -0.481 e. The van der Waals surface area contributed by atoms with E-state index >= 15 is 4.39 Å². The van der Waals surface area contributed by atoms with E-state index in [4.69, 9.17) is 9.97 Å². The Morgan fingerprint density at radius 1 is 0.969 bits per heavy atom. The maximum Gasteiger partial charge on any atom is 0.335 e. The first-order chi connectivity index (χ1) is 31.2. The number of hydrogen-bond acceptors (Lipinski definition) is 9. The third kappa shape index (κ3) is 7.45. The maximum absolute atomic E-state index is 15.2. The number of fused-ring (bicyclic) bond motifs is 4. The molecule has 330 valence electrons. The number of aromatic nitrogens is 7. The van der Waals surface area contributed by atoms with Crippen LogP contribution in [0.4, 0.5) is 4.39 Å². The van der Waals surface area contributed by atoms with Gasteiger partial charge in [-0.3, -0.25) is 18.7 Å². The van der Waals surface area contributed by atoms with Crippen molar-refractivity contribution in [1.82, 2.24) is 43.4 Å². The van der Waals surface area contributed by atoms with E-state index in [1.807, 2.05) is 54.0 Å². The van der Waals surface area contributed by atoms with Crippen LogP contribution in [0.15, 0.2) is 83.9 Å². The van der Waals surface area contributed by atoms with E-state index in [-0.39, 0.29) is 47.4 Å². The van der Waals surface area contributed by atoms with E-state index < -0.39 is 17.2 Å². The molecule has 15 heteroatoms. The Balaban J connectivity index is 0.984. The standard InChI is InChI=1S/C50H49FN10O4/c1-30-42-45(56-43(55-30)32-7-5-8-34(24-32)50(17-18-50)47(63)64)61(35-14-20-57(21-15-35)29-49(2,3)4)48(65)60(42)36-12-13-40(54-26-36)46(62)58-22-16-37-38-9-6-19-53-44(38)59(41(37)28-58)27-33-11-10-31(25-52)23-39(33)51/h5-13,19,23-24,26,35H,14-18,20-22,27-29H2,1-4H3,(H,63,64). The van der Waals surface area contributed by atoms with Crippen molar-refractivity contribution in [2.75, 3.05) is 26.2 Å². The van der Waals surface area contributed by atoms with E-state index in [1.54, 1.807) is 50.7 Å². The number of nitrogens with zero attached hydrogens (tertiary/aromatic N) is 10. The second-order valence-corrected chi connectivity index (χ2v) is 19.0. The monoisotopic (exact) mass is 872 g/mol. The summed E-state index contributed by atoms with van der Waals surface area (Å²) in [6.45, 7) is 12.0. The van der Waals surface area contributed by atoms with Crippen molar-refractivity contribution in [3.63, 3.8) is 0 Å². The van der Waals surface area contributed by atoms with E-state index in [9.17, 15) is 24.8 Å². The van der Waals surface area contributed by atoms with Gasteiger partial charge in [-0.25, -0.2) is 29.1 Å². The van der Waals surface area contributed by atoms with Crippen LogP contribution in [0, 0.1) is 29.5 Å². The van der Waals surface area contributed by atoms with Crippen LogP contribution in [0.2, 0.25) is 0 Å². The molecule has 2 fully saturated rings. The Morgan fingerprint density at radius 3 is 2.46 bits per heavy atom. The zero-order valence-electron chi connectivity index (χ0n) is 36.9. The second-order valence-electron chi connectivity index (χ2n) is 19.0. The predicted molar refractivity (Wildman–Crippen MR) is 242 cm³/mol. The number of carbonyl (C=O) groups excluding carboxylic acids is 1. The molecule has 65 heavy (non-hydrogen) atoms. The molecule has 2 aromatic carbocycles. The number of pyridine rings is 2. The molecule has 7 aromatic rings. The van der Waals surface area contributed by atoms with Gasteiger partial charge in [-0.15, -0.1) is 0 Å². The number of amides is 1. The van der Waals surface area contributed by atoms with Crippen molar-refractivity contribution in [3.8, 4) is 23.1 Å². The fraction of sp³-hybridized carbons (Fsp3) is 0.360. The number of piperidine rings is 1. The van der Waals surface area contributed by atoms with E-state index in [1.165, 1.54) is 6.07 Å². The number of nitriles is 1. The lowest BCUT2D eigenvalue weighted by Crippen LogP contribution is -2.41. The quantitative estimate of drug-likeness (QED) is 0.155. The van der Waals surface area contributed by atoms with Crippen molar-refractivity contribution >= 4 is 34.1 Å². The van der Waals surface area contributed by atoms with Gasteiger partial charge in [0.05, 0.1) is 47.7 Å². The third-order valence-corrected chi connectivity index (χ3v) is 13.4. The molecule has 1 N–H and O–H groups in total. The van der Waals surface area contributed by atoms with E-state index in [0.717, 1.165) is 49.1 Å². The van der Waals surface area contributed by atoms with Crippen LogP contribution in [0.1, 0.15) is 96.6 Å². The molecule has 5 aromatic heterocycles. The molecule has 3 aliphatic rings. The fourth-order valence-corrected chi connectivity index (χ4v) is 10.0. The number of halogens is 1. The van der Waals surface area contributed by atoms with Crippen molar-refractivity contribution in [2.45, 2.75) is 84.3 Å². The second kappa shape index (κ2) is 15.9. The van der Waals surface area contributed by atoms with Gasteiger partial charge >= 0.3 is 11.7 Å². The number of rotatable bonds is 9. The highest BCUT2D eigenvalue weighted by molar-refractivity contribution is 5.93. The SMILES string of the molecule is Cc1nc(-c2cccc(C3(C(=O)O)CC3)c2)nc2c1n(-c1ccc(C(=O)N3CCc4c(n(Cc5ccc(C#N)cc5F)c5ncccc45)C3)nc1)c(=O)n2C1CCN(CC(C)(C)C)CC1. The summed E-state index contributed by atoms with van der Waals surface area (Å²) < 4.78 is 20.5. The summed E-state index contributed by atoms with van der Waals surface area (Å²) >= 11 is 0. The number of hydrogen-bond donors (Lipinski definition) is 1. The summed E-state index contributed by atoms with van der Waals surface area (Å²) in [5.41, 5.74) is 5.91. The van der Waals surface area contributed by atoms with Crippen LogP contribution >= 0.6 is 0 Å². The highest BCUT2D eigenvalue weighted by Crippen LogP contribution is 2.49. The Hall–Kier alpha value is -7.05. The lowest BCUT2D eigenvalue weighted by atomic mass is 9.94. The summed E-state index contributed by atoms with van der Waals surface area (Å²) in [4.78, 5) is 64.9. The average Bonchev–Trinajstić information content (AvgIpc) is 4.00. The summed E-state index contributed by atoms with van der Waals surface area (Å²) in [5, 5.41) is 20.3. The van der Waals surface area contributed by atoms with Crippen molar-refractivity contribution in [1.29, 1.82) is 5.26 Å². The molecule has 0 radical (unpaired) electrons. The van der Waals surface area contributed by atoms with Crippen LogP contribution in [0.3, 0.4) is 0 Å². The third-order valence-electron chi connectivity index (χ3n) is 13.4. The van der Waals surface area contributed by atoms with Crippen LogP contribution in [-0.2, 0) is 29.7 Å². The zero-order chi connectivity index (χ0) is 45.4. The van der Waals surface area contributed by atoms with Crippen LogP contribution < -0.4 is 5.69 Å². The van der Waals surface area contributed by atoms with Crippen LogP contribution in [0.25, 0.3) is 39.3 Å². The number of carbonyl (C=O) groups is 2. The van der Waals surface area contributed by atoms with Gasteiger partial charge in [0.15, 0.2) is 11.5 Å². The number of aryl methyl sites for hydroxylation is 1. The maximum atomic E-state index is 15.2. The average molecular weight is 873 g/mol. The molecular weight excluding hydrogens is 824 g/mol. The summed E-state index contributed by atoms with van der Waals surface area (Å²) in [6, 6.07) is 21.0. The lowest BCUT2D eigenvalue weighted by molar-refractivity contribution is -0.140. The van der Waals surface area contributed by atoms with Crippen LogP contribution in [0.5, 0.6) is 0 Å². The first-order valence-electron chi connectivity index (χ1n) is 22.2. The topological polar surface area (TPSA) is 168 Å². The Morgan fingerprint density at radius 2 is 1.77 bits per heavy atom.